The summed E-state index contributed by atoms with van der Waals surface area (Å²) >= 11 is 0. The predicted molar refractivity (Wildman–Crippen MR) is 112 cm³/mol. The second kappa shape index (κ2) is 10.2. The Morgan fingerprint density at radius 1 is 1.28 bits per heavy atom. The molecular formula is C21H27N5O3. The summed E-state index contributed by atoms with van der Waals surface area (Å²) in [5.41, 5.74) is 13.6. The monoisotopic (exact) mass is 397 g/mol. The minimum Gasteiger partial charge on any atom is -0.404 e. The topological polar surface area (TPSA) is 142 Å². The normalized spacial score (nSPS) is 17.1. The van der Waals surface area contributed by atoms with E-state index >= 15 is 0 Å². The first-order valence-electron chi connectivity index (χ1n) is 9.41. The second-order valence-corrected chi connectivity index (χ2v) is 6.96. The third kappa shape index (κ3) is 6.03. The van der Waals surface area contributed by atoms with Crippen LogP contribution in [0.25, 0.3) is 5.57 Å². The van der Waals surface area contributed by atoms with Crippen LogP contribution in [0, 0.1) is 5.41 Å². The molecule has 8 nitrogen and oxygen atoms in total. The number of likely N-dealkylation sites (tertiary alicyclic amines) is 1. The molecule has 1 aromatic rings. The van der Waals surface area contributed by atoms with Crippen molar-refractivity contribution in [2.75, 3.05) is 6.54 Å². The highest BCUT2D eigenvalue weighted by atomic mass is 16.2. The van der Waals surface area contributed by atoms with Crippen LogP contribution in [-0.2, 0) is 20.9 Å². The number of hydrogen-bond donors (Lipinski definition) is 4. The molecule has 1 saturated heterocycles. The van der Waals surface area contributed by atoms with E-state index in [9.17, 15) is 14.4 Å². The molecule has 1 atom stereocenters. The zero-order valence-electron chi connectivity index (χ0n) is 16.5. The van der Waals surface area contributed by atoms with Gasteiger partial charge in [-0.05, 0) is 30.9 Å². The lowest BCUT2D eigenvalue weighted by Gasteiger charge is -2.23. The lowest BCUT2D eigenvalue weighted by molar-refractivity contribution is -0.140. The first kappa shape index (κ1) is 21.9. The first-order chi connectivity index (χ1) is 13.8. The fraction of sp³-hybridized carbons (Fsp3) is 0.333. The van der Waals surface area contributed by atoms with Crippen LogP contribution >= 0.6 is 0 Å². The maximum absolute atomic E-state index is 12.6. The van der Waals surface area contributed by atoms with E-state index in [0.717, 1.165) is 17.5 Å². The fourth-order valence-electron chi connectivity index (χ4n) is 3.24. The van der Waals surface area contributed by atoms with Crippen molar-refractivity contribution in [2.24, 2.45) is 11.5 Å². The summed E-state index contributed by atoms with van der Waals surface area (Å²) < 4.78 is 0. The molecule has 0 saturated carbocycles. The Morgan fingerprint density at radius 3 is 2.55 bits per heavy atom. The van der Waals surface area contributed by atoms with Crippen LogP contribution in [0.4, 0.5) is 0 Å². The Bertz CT molecular complexity index is 838. The van der Waals surface area contributed by atoms with Gasteiger partial charge in [-0.1, -0.05) is 24.3 Å². The molecule has 2 rings (SSSR count). The maximum Gasteiger partial charge on any atom is 0.243 e. The van der Waals surface area contributed by atoms with E-state index in [1.807, 2.05) is 24.3 Å². The van der Waals surface area contributed by atoms with Gasteiger partial charge < -0.3 is 27.1 Å². The van der Waals surface area contributed by atoms with E-state index in [1.165, 1.54) is 23.4 Å². The minimum absolute atomic E-state index is 0.236. The number of benzene rings is 1. The van der Waals surface area contributed by atoms with Crippen LogP contribution in [0.1, 0.15) is 37.3 Å². The van der Waals surface area contributed by atoms with Crippen LogP contribution in [0.2, 0.25) is 0 Å². The van der Waals surface area contributed by atoms with E-state index in [0.29, 0.717) is 30.8 Å². The molecule has 1 fully saturated rings. The number of amides is 2. The quantitative estimate of drug-likeness (QED) is 0.295. The molecule has 0 aliphatic carbocycles. The number of nitrogens with two attached hydrogens (primary N) is 2. The van der Waals surface area contributed by atoms with E-state index in [-0.39, 0.29) is 24.0 Å². The Morgan fingerprint density at radius 2 is 1.97 bits per heavy atom. The average Bonchev–Trinajstić information content (AvgIpc) is 3.17. The summed E-state index contributed by atoms with van der Waals surface area (Å²) in [4.78, 5) is 38.3. The van der Waals surface area contributed by atoms with Crippen molar-refractivity contribution in [1.29, 1.82) is 5.41 Å². The summed E-state index contributed by atoms with van der Waals surface area (Å²) in [6.07, 6.45) is 4.78. The maximum atomic E-state index is 12.6. The Labute approximate surface area is 170 Å². The molecule has 0 aromatic heterocycles. The van der Waals surface area contributed by atoms with Gasteiger partial charge in [0, 0.05) is 42.9 Å². The Hall–Kier alpha value is -3.42. The Balaban J connectivity index is 1.94. The third-order valence-electron chi connectivity index (χ3n) is 4.68. The lowest BCUT2D eigenvalue weighted by atomic mass is 10.1. The summed E-state index contributed by atoms with van der Waals surface area (Å²) in [6.45, 7) is 2.36. The Kier molecular flexibility index (Phi) is 7.70. The highest BCUT2D eigenvalue weighted by Gasteiger charge is 2.34. The van der Waals surface area contributed by atoms with Crippen LogP contribution in [0.3, 0.4) is 0 Å². The van der Waals surface area contributed by atoms with Crippen molar-refractivity contribution in [3.8, 4) is 0 Å². The van der Waals surface area contributed by atoms with Crippen molar-refractivity contribution in [2.45, 2.75) is 38.8 Å². The number of allylic oxidation sites excluding steroid dienone is 3. The molecule has 29 heavy (non-hydrogen) atoms. The summed E-state index contributed by atoms with van der Waals surface area (Å²) in [7, 11) is 0. The standard InChI is InChI=1S/C21H27N5O3/c1-14(24)9-18(27)10-20(28)26-8-2-3-19(26)21(29)25-13-15-4-6-16(7-5-15)17(11-22)12-23/h4-7,9,11-12,19,22H,2-3,8,10,13,23-24H2,1H3,(H,25,29)/b14-9?,17-12+,22-11?. The fourth-order valence-corrected chi connectivity index (χ4v) is 3.24. The minimum atomic E-state index is -0.567. The van der Waals surface area contributed by atoms with Crippen LogP contribution in [0.15, 0.2) is 42.2 Å². The molecule has 1 aromatic carbocycles. The lowest BCUT2D eigenvalue weighted by Crippen LogP contribution is -2.46. The molecule has 2 amide bonds. The molecule has 1 aliphatic rings. The van der Waals surface area contributed by atoms with Gasteiger partial charge in [-0.3, -0.25) is 14.4 Å². The van der Waals surface area contributed by atoms with E-state index in [1.54, 1.807) is 6.92 Å². The summed E-state index contributed by atoms with van der Waals surface area (Å²) in [5, 5.41) is 10.2. The van der Waals surface area contributed by atoms with E-state index < -0.39 is 6.04 Å². The molecule has 8 heteroatoms. The van der Waals surface area contributed by atoms with E-state index in [4.69, 9.17) is 16.9 Å². The molecule has 0 spiro atoms. The number of nitrogens with zero attached hydrogens (tertiary/aromatic N) is 1. The van der Waals surface area contributed by atoms with Gasteiger partial charge in [0.15, 0.2) is 5.78 Å². The zero-order chi connectivity index (χ0) is 21.4. The smallest absolute Gasteiger partial charge is 0.243 e. The second-order valence-electron chi connectivity index (χ2n) is 6.96. The average molecular weight is 397 g/mol. The van der Waals surface area contributed by atoms with Gasteiger partial charge in [-0.2, -0.15) is 0 Å². The molecule has 1 heterocycles. The molecular weight excluding hydrogens is 370 g/mol. The highest BCUT2D eigenvalue weighted by molar-refractivity contribution is 6.08. The SMILES string of the molecule is CC(N)=CC(=O)CC(=O)N1CCCC1C(=O)NCc1ccc(/C(C=N)=C/N)cc1. The van der Waals surface area contributed by atoms with Crippen LogP contribution in [0.5, 0.6) is 0 Å². The molecule has 0 radical (unpaired) electrons. The van der Waals surface area contributed by atoms with Crippen molar-refractivity contribution in [3.05, 3.63) is 53.4 Å². The largest absolute Gasteiger partial charge is 0.404 e. The number of carbonyl (C=O) groups is 3. The number of rotatable bonds is 8. The number of hydrogen-bond acceptors (Lipinski definition) is 6. The summed E-state index contributed by atoms with van der Waals surface area (Å²) in [5.74, 6) is -0.959. The van der Waals surface area contributed by atoms with Crippen LogP contribution in [-0.4, -0.2) is 41.3 Å². The van der Waals surface area contributed by atoms with Crippen LogP contribution < -0.4 is 16.8 Å². The van der Waals surface area contributed by atoms with Gasteiger partial charge in [0.25, 0.3) is 0 Å². The number of carbonyl (C=O) groups excluding carboxylic acids is 3. The predicted octanol–water partition coefficient (Wildman–Crippen LogP) is 1.06. The van der Waals surface area contributed by atoms with Gasteiger partial charge in [0.2, 0.25) is 11.8 Å². The van der Waals surface area contributed by atoms with Crippen molar-refractivity contribution >= 4 is 29.4 Å². The zero-order valence-corrected chi connectivity index (χ0v) is 16.5. The molecule has 1 aliphatic heterocycles. The van der Waals surface area contributed by atoms with Gasteiger partial charge in [0.1, 0.15) is 6.04 Å². The first-order valence-corrected chi connectivity index (χ1v) is 9.41. The van der Waals surface area contributed by atoms with Gasteiger partial charge in [0.05, 0.1) is 6.42 Å². The van der Waals surface area contributed by atoms with Crippen molar-refractivity contribution in [3.63, 3.8) is 0 Å². The van der Waals surface area contributed by atoms with Gasteiger partial charge in [-0.25, -0.2) is 0 Å². The molecule has 6 N–H and O–H groups in total. The third-order valence-corrected chi connectivity index (χ3v) is 4.68. The van der Waals surface area contributed by atoms with Crippen molar-refractivity contribution < 1.29 is 14.4 Å². The number of ketones is 1. The van der Waals surface area contributed by atoms with Crippen molar-refractivity contribution in [1.82, 2.24) is 10.2 Å². The summed E-state index contributed by atoms with van der Waals surface area (Å²) in [6, 6.07) is 6.78. The van der Waals surface area contributed by atoms with E-state index in [2.05, 4.69) is 5.32 Å². The van der Waals surface area contributed by atoms with Gasteiger partial charge >= 0.3 is 0 Å². The molecule has 0 bridgehead atoms. The highest BCUT2D eigenvalue weighted by Crippen LogP contribution is 2.19. The molecule has 154 valence electrons. The molecule has 1 unspecified atom stereocenters. The van der Waals surface area contributed by atoms with Gasteiger partial charge in [-0.15, -0.1) is 0 Å². The number of nitrogens with one attached hydrogen (secondary N) is 2.